The SMILES string of the molecule is C=CC(=O)N1CCCCN(C(=O)N(C)[C@H](C(=O)OC)C(C)C)CCO1.CC. The lowest BCUT2D eigenvalue weighted by Crippen LogP contribution is -2.52. The number of ether oxygens (including phenoxy) is 1. The average molecular weight is 386 g/mol. The van der Waals surface area contributed by atoms with Crippen LogP contribution in [0.2, 0.25) is 0 Å². The highest BCUT2D eigenvalue weighted by atomic mass is 16.7. The summed E-state index contributed by atoms with van der Waals surface area (Å²) in [6.07, 6.45) is 2.64. The first-order valence-corrected chi connectivity index (χ1v) is 9.49. The Morgan fingerprint density at radius 3 is 2.26 bits per heavy atom. The molecule has 0 aromatic heterocycles. The van der Waals surface area contributed by atoms with Crippen molar-refractivity contribution in [3.8, 4) is 0 Å². The molecule has 0 aromatic rings. The van der Waals surface area contributed by atoms with Gasteiger partial charge in [0.25, 0.3) is 5.91 Å². The van der Waals surface area contributed by atoms with Gasteiger partial charge in [0, 0.05) is 26.7 Å². The van der Waals surface area contributed by atoms with Crippen LogP contribution in [0.1, 0.15) is 40.5 Å². The van der Waals surface area contributed by atoms with E-state index in [1.165, 1.54) is 23.1 Å². The van der Waals surface area contributed by atoms with Crippen molar-refractivity contribution in [2.45, 2.75) is 46.6 Å². The summed E-state index contributed by atoms with van der Waals surface area (Å²) in [7, 11) is 2.92. The lowest BCUT2D eigenvalue weighted by Gasteiger charge is -2.33. The number of carbonyl (C=O) groups excluding carboxylic acids is 3. The molecule has 0 aliphatic carbocycles. The van der Waals surface area contributed by atoms with E-state index in [1.807, 2.05) is 27.7 Å². The van der Waals surface area contributed by atoms with Crippen LogP contribution >= 0.6 is 0 Å². The summed E-state index contributed by atoms with van der Waals surface area (Å²) < 4.78 is 4.82. The molecular weight excluding hydrogens is 350 g/mol. The van der Waals surface area contributed by atoms with E-state index in [2.05, 4.69) is 6.58 Å². The summed E-state index contributed by atoms with van der Waals surface area (Å²) in [5, 5.41) is 1.27. The van der Waals surface area contributed by atoms with Gasteiger partial charge in [-0.3, -0.25) is 9.63 Å². The zero-order chi connectivity index (χ0) is 21.0. The fraction of sp³-hybridized carbons (Fsp3) is 0.737. The second kappa shape index (κ2) is 13.1. The first-order valence-electron chi connectivity index (χ1n) is 9.49. The van der Waals surface area contributed by atoms with Crippen LogP contribution in [0.25, 0.3) is 0 Å². The van der Waals surface area contributed by atoms with Crippen LogP contribution in [0.3, 0.4) is 0 Å². The smallest absolute Gasteiger partial charge is 0.328 e. The number of carbonyl (C=O) groups is 3. The summed E-state index contributed by atoms with van der Waals surface area (Å²) in [4.78, 5) is 45.0. The van der Waals surface area contributed by atoms with Crippen LogP contribution in [0.4, 0.5) is 4.79 Å². The van der Waals surface area contributed by atoms with E-state index in [4.69, 9.17) is 9.57 Å². The molecule has 1 heterocycles. The minimum atomic E-state index is -0.648. The van der Waals surface area contributed by atoms with E-state index in [9.17, 15) is 14.4 Å². The predicted molar refractivity (Wildman–Crippen MR) is 104 cm³/mol. The normalized spacial score (nSPS) is 16.1. The molecule has 8 nitrogen and oxygen atoms in total. The Balaban J connectivity index is 0.00000326. The van der Waals surface area contributed by atoms with Crippen molar-refractivity contribution in [2.75, 3.05) is 40.4 Å². The number of amides is 3. The van der Waals surface area contributed by atoms with Crippen molar-refractivity contribution < 1.29 is 24.0 Å². The second-order valence-corrected chi connectivity index (χ2v) is 6.28. The Labute approximate surface area is 163 Å². The number of esters is 1. The van der Waals surface area contributed by atoms with E-state index >= 15 is 0 Å². The topological polar surface area (TPSA) is 79.4 Å². The summed E-state index contributed by atoms with van der Waals surface area (Å²) in [5.41, 5.74) is 0. The zero-order valence-corrected chi connectivity index (χ0v) is 17.6. The van der Waals surface area contributed by atoms with E-state index in [0.29, 0.717) is 26.1 Å². The first kappa shape index (κ1) is 24.9. The molecule has 1 fully saturated rings. The van der Waals surface area contributed by atoms with Gasteiger partial charge in [-0.25, -0.2) is 14.7 Å². The van der Waals surface area contributed by atoms with Crippen LogP contribution in [0.15, 0.2) is 12.7 Å². The Bertz CT molecular complexity index is 496. The third-order valence-electron chi connectivity index (χ3n) is 4.13. The van der Waals surface area contributed by atoms with E-state index in [1.54, 1.807) is 11.9 Å². The van der Waals surface area contributed by atoms with Crippen LogP contribution in [0.5, 0.6) is 0 Å². The van der Waals surface area contributed by atoms with Gasteiger partial charge in [0.2, 0.25) is 0 Å². The molecule has 0 radical (unpaired) electrons. The number of rotatable bonds is 4. The van der Waals surface area contributed by atoms with E-state index < -0.39 is 12.0 Å². The molecule has 156 valence electrons. The van der Waals surface area contributed by atoms with Crippen molar-refractivity contribution in [1.82, 2.24) is 14.9 Å². The minimum absolute atomic E-state index is 0.0733. The molecule has 1 aliphatic rings. The number of urea groups is 1. The van der Waals surface area contributed by atoms with Crippen molar-refractivity contribution in [2.24, 2.45) is 5.92 Å². The van der Waals surface area contributed by atoms with Crippen molar-refractivity contribution in [1.29, 1.82) is 0 Å². The molecule has 0 saturated carbocycles. The average Bonchev–Trinajstić information content (AvgIpc) is 2.79. The zero-order valence-electron chi connectivity index (χ0n) is 17.6. The summed E-state index contributed by atoms with van der Waals surface area (Å²) in [6.45, 7) is 12.7. The first-order chi connectivity index (χ1) is 12.8. The van der Waals surface area contributed by atoms with Gasteiger partial charge < -0.3 is 14.5 Å². The number of likely N-dealkylation sites (N-methyl/N-ethyl adjacent to an activating group) is 1. The highest BCUT2D eigenvalue weighted by molar-refractivity contribution is 5.86. The Kier molecular flexibility index (Phi) is 12.1. The third-order valence-corrected chi connectivity index (χ3v) is 4.13. The molecular formula is C19H35N3O5. The molecule has 0 bridgehead atoms. The molecule has 0 unspecified atom stereocenters. The summed E-state index contributed by atoms with van der Waals surface area (Å²) in [6, 6.07) is -0.902. The predicted octanol–water partition coefficient (Wildman–Crippen LogP) is 2.30. The van der Waals surface area contributed by atoms with Crippen molar-refractivity contribution in [3.05, 3.63) is 12.7 Å². The van der Waals surface area contributed by atoms with Crippen LogP contribution in [-0.4, -0.2) is 79.2 Å². The van der Waals surface area contributed by atoms with Gasteiger partial charge in [-0.1, -0.05) is 34.3 Å². The maximum Gasteiger partial charge on any atom is 0.328 e. The van der Waals surface area contributed by atoms with Gasteiger partial charge in [-0.15, -0.1) is 0 Å². The van der Waals surface area contributed by atoms with Crippen LogP contribution in [-0.2, 0) is 19.2 Å². The fourth-order valence-electron chi connectivity index (χ4n) is 2.80. The molecule has 27 heavy (non-hydrogen) atoms. The number of hydroxylamine groups is 2. The maximum absolute atomic E-state index is 12.8. The van der Waals surface area contributed by atoms with Gasteiger partial charge >= 0.3 is 12.0 Å². The van der Waals surface area contributed by atoms with Gasteiger partial charge in [-0.2, -0.15) is 0 Å². The lowest BCUT2D eigenvalue weighted by molar-refractivity contribution is -0.181. The Hall–Kier alpha value is -2.09. The van der Waals surface area contributed by atoms with Gasteiger partial charge in [0.15, 0.2) is 0 Å². The molecule has 1 rings (SSSR count). The highest BCUT2D eigenvalue weighted by Crippen LogP contribution is 2.14. The molecule has 0 aromatic carbocycles. The second-order valence-electron chi connectivity index (χ2n) is 6.28. The summed E-state index contributed by atoms with van der Waals surface area (Å²) >= 11 is 0. The molecule has 0 spiro atoms. The van der Waals surface area contributed by atoms with Crippen molar-refractivity contribution >= 4 is 17.9 Å². The number of hydrogen-bond donors (Lipinski definition) is 0. The third kappa shape index (κ3) is 7.58. The summed E-state index contributed by atoms with van der Waals surface area (Å²) in [5.74, 6) is -0.799. The molecule has 1 atom stereocenters. The monoisotopic (exact) mass is 385 g/mol. The molecule has 8 heteroatoms. The lowest BCUT2D eigenvalue weighted by atomic mass is 10.0. The van der Waals surface area contributed by atoms with Crippen molar-refractivity contribution in [3.63, 3.8) is 0 Å². The maximum atomic E-state index is 12.8. The number of hydrogen-bond acceptors (Lipinski definition) is 5. The van der Waals surface area contributed by atoms with Crippen LogP contribution < -0.4 is 0 Å². The standard InChI is InChI=1S/C17H29N3O5.C2H6/c1-6-14(21)20-10-8-7-9-19(11-12-25-20)17(23)18(4)15(13(2)3)16(22)24-5;1-2/h6,13,15H,1,7-12H2,2-5H3;1-2H3/t15-;/m0./s1. The van der Waals surface area contributed by atoms with Crippen LogP contribution in [0, 0.1) is 5.92 Å². The highest BCUT2D eigenvalue weighted by Gasteiger charge is 2.33. The minimum Gasteiger partial charge on any atom is -0.467 e. The fourth-order valence-corrected chi connectivity index (χ4v) is 2.80. The van der Waals surface area contributed by atoms with Gasteiger partial charge in [-0.05, 0) is 24.8 Å². The largest absolute Gasteiger partial charge is 0.467 e. The molecule has 3 amide bonds. The van der Waals surface area contributed by atoms with Gasteiger partial charge in [0.1, 0.15) is 6.04 Å². The quantitative estimate of drug-likeness (QED) is 0.548. The molecule has 1 aliphatic heterocycles. The number of methoxy groups -OCH3 is 1. The van der Waals surface area contributed by atoms with Gasteiger partial charge in [0.05, 0.1) is 13.7 Å². The van der Waals surface area contributed by atoms with E-state index in [-0.39, 0.29) is 24.5 Å². The Morgan fingerprint density at radius 1 is 1.15 bits per heavy atom. The molecule has 1 saturated heterocycles. The number of nitrogens with zero attached hydrogens (tertiary/aromatic N) is 3. The molecule has 0 N–H and O–H groups in total. The van der Waals surface area contributed by atoms with E-state index in [0.717, 1.165) is 6.42 Å². The Morgan fingerprint density at radius 2 is 1.74 bits per heavy atom.